The number of rotatable bonds is 4. The fourth-order valence-electron chi connectivity index (χ4n) is 1.12. The maximum atomic E-state index is 12.8. The molecular formula is C11H13BrFNO2S. The topological polar surface area (TPSA) is 46.2 Å². The molecule has 1 amide bonds. The van der Waals surface area contributed by atoms with Crippen molar-refractivity contribution in [3.05, 3.63) is 34.1 Å². The van der Waals surface area contributed by atoms with Crippen molar-refractivity contribution in [1.82, 2.24) is 5.32 Å². The molecule has 0 saturated carbocycles. The minimum atomic E-state index is -0.979. The molecule has 3 nitrogen and oxygen atoms in total. The molecule has 0 radical (unpaired) electrons. The van der Waals surface area contributed by atoms with Crippen LogP contribution in [0.2, 0.25) is 0 Å². The SMILES string of the molecule is CC(CNC(=O)c1ccc(F)cc1Br)S(C)=O. The highest BCUT2D eigenvalue weighted by Crippen LogP contribution is 2.17. The van der Waals surface area contributed by atoms with E-state index in [4.69, 9.17) is 0 Å². The van der Waals surface area contributed by atoms with Crippen molar-refractivity contribution < 1.29 is 13.4 Å². The summed E-state index contributed by atoms with van der Waals surface area (Å²) in [5.41, 5.74) is 0.362. The molecule has 0 aliphatic rings. The van der Waals surface area contributed by atoms with Gasteiger partial charge in [-0.2, -0.15) is 0 Å². The molecule has 2 atom stereocenters. The van der Waals surface area contributed by atoms with Crippen LogP contribution in [0, 0.1) is 5.82 Å². The summed E-state index contributed by atoms with van der Waals surface area (Å²) in [7, 11) is -0.979. The van der Waals surface area contributed by atoms with Gasteiger partial charge in [-0.3, -0.25) is 9.00 Å². The minimum Gasteiger partial charge on any atom is -0.351 e. The van der Waals surface area contributed by atoms with Crippen LogP contribution in [0.25, 0.3) is 0 Å². The third kappa shape index (κ3) is 4.20. The van der Waals surface area contributed by atoms with E-state index in [-0.39, 0.29) is 11.2 Å². The summed E-state index contributed by atoms with van der Waals surface area (Å²) in [5, 5.41) is 2.54. The van der Waals surface area contributed by atoms with Gasteiger partial charge in [-0.15, -0.1) is 0 Å². The van der Waals surface area contributed by atoms with Gasteiger partial charge in [0.25, 0.3) is 5.91 Å². The van der Waals surface area contributed by atoms with Crippen LogP contribution in [0.15, 0.2) is 22.7 Å². The van der Waals surface area contributed by atoms with E-state index in [2.05, 4.69) is 21.2 Å². The number of carbonyl (C=O) groups is 1. The number of amides is 1. The molecule has 0 spiro atoms. The van der Waals surface area contributed by atoms with Crippen LogP contribution in [0.4, 0.5) is 4.39 Å². The lowest BCUT2D eigenvalue weighted by Crippen LogP contribution is -2.32. The Morgan fingerprint density at radius 3 is 2.76 bits per heavy atom. The van der Waals surface area contributed by atoms with Gasteiger partial charge >= 0.3 is 0 Å². The fourth-order valence-corrected chi connectivity index (χ4v) is 1.97. The van der Waals surface area contributed by atoms with Gasteiger partial charge in [-0.25, -0.2) is 4.39 Å². The van der Waals surface area contributed by atoms with Crippen molar-refractivity contribution in [2.24, 2.45) is 0 Å². The molecule has 94 valence electrons. The number of hydrogen-bond acceptors (Lipinski definition) is 2. The minimum absolute atomic E-state index is 0.113. The highest BCUT2D eigenvalue weighted by atomic mass is 79.9. The first kappa shape index (κ1) is 14.3. The zero-order valence-corrected chi connectivity index (χ0v) is 11.9. The van der Waals surface area contributed by atoms with E-state index in [1.54, 1.807) is 13.2 Å². The predicted molar refractivity (Wildman–Crippen MR) is 70.0 cm³/mol. The molecule has 17 heavy (non-hydrogen) atoms. The highest BCUT2D eigenvalue weighted by molar-refractivity contribution is 9.10. The number of carbonyl (C=O) groups excluding carboxylic acids is 1. The van der Waals surface area contributed by atoms with E-state index < -0.39 is 16.6 Å². The van der Waals surface area contributed by atoms with E-state index in [9.17, 15) is 13.4 Å². The molecule has 0 fully saturated rings. The lowest BCUT2D eigenvalue weighted by Gasteiger charge is -2.10. The quantitative estimate of drug-likeness (QED) is 0.923. The monoisotopic (exact) mass is 321 g/mol. The molecule has 0 bridgehead atoms. The maximum Gasteiger partial charge on any atom is 0.252 e. The Morgan fingerprint density at radius 1 is 1.59 bits per heavy atom. The van der Waals surface area contributed by atoms with Crippen LogP contribution >= 0.6 is 15.9 Å². The summed E-state index contributed by atoms with van der Waals surface area (Å²) in [5.74, 6) is -0.717. The standard InChI is InChI=1S/C11H13BrFNO2S/c1-7(17(2)16)6-14-11(15)9-4-3-8(13)5-10(9)12/h3-5,7H,6H2,1-2H3,(H,14,15). The van der Waals surface area contributed by atoms with Gasteiger partial charge in [0.05, 0.1) is 5.56 Å². The molecule has 1 aromatic rings. The van der Waals surface area contributed by atoms with Gasteiger partial charge in [-0.05, 0) is 41.1 Å². The Labute approximate surface area is 110 Å². The van der Waals surface area contributed by atoms with Crippen molar-refractivity contribution in [3.63, 3.8) is 0 Å². The van der Waals surface area contributed by atoms with E-state index in [0.29, 0.717) is 16.6 Å². The van der Waals surface area contributed by atoms with Gasteiger partial charge in [0.15, 0.2) is 0 Å². The maximum absolute atomic E-state index is 12.8. The third-order valence-electron chi connectivity index (χ3n) is 2.29. The number of hydrogen-bond donors (Lipinski definition) is 1. The van der Waals surface area contributed by atoms with Crippen molar-refractivity contribution >= 4 is 32.6 Å². The second-order valence-electron chi connectivity index (χ2n) is 3.64. The molecule has 1 N–H and O–H groups in total. The van der Waals surface area contributed by atoms with Crippen LogP contribution in [0.3, 0.4) is 0 Å². The van der Waals surface area contributed by atoms with Gasteiger partial charge in [0.2, 0.25) is 0 Å². The van der Waals surface area contributed by atoms with Gasteiger partial charge < -0.3 is 5.32 Å². The van der Waals surface area contributed by atoms with Crippen LogP contribution in [0.1, 0.15) is 17.3 Å². The molecule has 2 unspecified atom stereocenters. The molecule has 0 heterocycles. The third-order valence-corrected chi connectivity index (χ3v) is 4.25. The lowest BCUT2D eigenvalue weighted by atomic mass is 10.2. The van der Waals surface area contributed by atoms with E-state index in [1.165, 1.54) is 18.2 Å². The van der Waals surface area contributed by atoms with E-state index in [1.807, 2.05) is 0 Å². The lowest BCUT2D eigenvalue weighted by molar-refractivity contribution is 0.0953. The highest BCUT2D eigenvalue weighted by Gasteiger charge is 2.12. The molecule has 0 aromatic heterocycles. The molecular weight excluding hydrogens is 309 g/mol. The van der Waals surface area contributed by atoms with Crippen molar-refractivity contribution in [3.8, 4) is 0 Å². The van der Waals surface area contributed by atoms with Crippen molar-refractivity contribution in [2.75, 3.05) is 12.8 Å². The second-order valence-corrected chi connectivity index (χ2v) is 6.30. The van der Waals surface area contributed by atoms with E-state index >= 15 is 0 Å². The first-order valence-electron chi connectivity index (χ1n) is 4.97. The van der Waals surface area contributed by atoms with Gasteiger partial charge in [-0.1, -0.05) is 0 Å². The Bertz CT molecular complexity index is 453. The Morgan fingerprint density at radius 2 is 2.24 bits per heavy atom. The van der Waals surface area contributed by atoms with Gasteiger partial charge in [0, 0.05) is 33.3 Å². The second kappa shape index (κ2) is 6.26. The predicted octanol–water partition coefficient (Wildman–Crippen LogP) is 2.08. The van der Waals surface area contributed by atoms with Crippen LogP contribution < -0.4 is 5.32 Å². The Balaban J connectivity index is 2.67. The van der Waals surface area contributed by atoms with Crippen molar-refractivity contribution in [2.45, 2.75) is 12.2 Å². The van der Waals surface area contributed by atoms with Crippen LogP contribution in [-0.4, -0.2) is 28.2 Å². The zero-order chi connectivity index (χ0) is 13.0. The number of benzene rings is 1. The smallest absolute Gasteiger partial charge is 0.252 e. The van der Waals surface area contributed by atoms with Crippen molar-refractivity contribution in [1.29, 1.82) is 0 Å². The average molecular weight is 322 g/mol. The van der Waals surface area contributed by atoms with Crippen LogP contribution in [-0.2, 0) is 10.8 Å². The molecule has 6 heteroatoms. The largest absolute Gasteiger partial charge is 0.351 e. The molecule has 1 rings (SSSR count). The summed E-state index contributed by atoms with van der Waals surface area (Å²) in [6.45, 7) is 2.11. The first-order chi connectivity index (χ1) is 7.91. The summed E-state index contributed by atoms with van der Waals surface area (Å²) in [4.78, 5) is 11.7. The zero-order valence-electron chi connectivity index (χ0n) is 9.50. The average Bonchev–Trinajstić information content (AvgIpc) is 2.25. The van der Waals surface area contributed by atoms with Gasteiger partial charge in [0.1, 0.15) is 5.82 Å². The first-order valence-corrected chi connectivity index (χ1v) is 7.38. The number of halogens is 2. The molecule has 0 aliphatic carbocycles. The normalized spacial score (nSPS) is 14.1. The summed E-state index contributed by atoms with van der Waals surface area (Å²) < 4.78 is 24.3. The summed E-state index contributed by atoms with van der Waals surface area (Å²) in [6.07, 6.45) is 1.59. The molecule has 0 saturated heterocycles. The Hall–Kier alpha value is -0.750. The number of nitrogens with one attached hydrogen (secondary N) is 1. The van der Waals surface area contributed by atoms with Crippen LogP contribution in [0.5, 0.6) is 0 Å². The fraction of sp³-hybridized carbons (Fsp3) is 0.364. The molecule has 1 aromatic carbocycles. The Kier molecular flexibility index (Phi) is 5.27. The molecule has 0 aliphatic heterocycles. The summed E-state index contributed by atoms with van der Waals surface area (Å²) in [6, 6.07) is 3.86. The van der Waals surface area contributed by atoms with E-state index in [0.717, 1.165) is 0 Å². The summed E-state index contributed by atoms with van der Waals surface area (Å²) >= 11 is 3.12.